The Balaban J connectivity index is 2.71. The zero-order chi connectivity index (χ0) is 8.65. The van der Waals surface area contributed by atoms with Crippen LogP contribution in [0.1, 0.15) is 20.3 Å². The van der Waals surface area contributed by atoms with Crippen molar-refractivity contribution in [3.63, 3.8) is 0 Å². The predicted octanol–water partition coefficient (Wildman–Crippen LogP) is -0.274. The Labute approximate surface area is 67.4 Å². The molecule has 0 aromatic rings. The van der Waals surface area contributed by atoms with Gasteiger partial charge in [-0.2, -0.15) is 0 Å². The minimum Gasteiger partial charge on any atom is -0.392 e. The maximum Gasteiger partial charge on any atom is 0.0769 e. The highest BCUT2D eigenvalue weighted by atomic mass is 16.3. The van der Waals surface area contributed by atoms with Crippen molar-refractivity contribution in [2.75, 3.05) is 7.05 Å². The van der Waals surface area contributed by atoms with Gasteiger partial charge in [0.05, 0.1) is 12.2 Å². The molecule has 0 aromatic carbocycles. The molecular weight excluding hydrogens is 142 g/mol. The standard InChI is InChI=1S/C8H17NO2/c1-8(2)6(10)4-5(9-3)7(8)11/h5-7,9-11H,4H2,1-3H3. The maximum absolute atomic E-state index is 9.66. The van der Waals surface area contributed by atoms with Crippen LogP contribution >= 0.6 is 0 Å². The number of hydrogen-bond acceptors (Lipinski definition) is 3. The molecule has 3 heteroatoms. The molecule has 0 aliphatic heterocycles. The number of aliphatic hydroxyl groups is 2. The van der Waals surface area contributed by atoms with Crippen molar-refractivity contribution >= 4 is 0 Å². The van der Waals surface area contributed by atoms with Gasteiger partial charge in [-0.05, 0) is 13.5 Å². The Hall–Kier alpha value is -0.120. The normalized spacial score (nSPS) is 42.8. The van der Waals surface area contributed by atoms with Crippen LogP contribution in [0.5, 0.6) is 0 Å². The van der Waals surface area contributed by atoms with Gasteiger partial charge < -0.3 is 15.5 Å². The number of nitrogens with one attached hydrogen (secondary N) is 1. The highest BCUT2D eigenvalue weighted by molar-refractivity contribution is 5.00. The molecule has 1 saturated carbocycles. The summed E-state index contributed by atoms with van der Waals surface area (Å²) in [6, 6.07) is 0.0417. The van der Waals surface area contributed by atoms with E-state index in [1.807, 2.05) is 20.9 Å². The van der Waals surface area contributed by atoms with Crippen LogP contribution in [0.3, 0.4) is 0 Å². The first-order valence-electron chi connectivity index (χ1n) is 4.03. The predicted molar refractivity (Wildman–Crippen MR) is 43.3 cm³/mol. The van der Waals surface area contributed by atoms with Crippen LogP contribution < -0.4 is 5.32 Å². The summed E-state index contributed by atoms with van der Waals surface area (Å²) in [5, 5.41) is 22.2. The average Bonchev–Trinajstić information content (AvgIpc) is 2.14. The number of likely N-dealkylation sites (N-methyl/N-ethyl adjacent to an activating group) is 1. The van der Waals surface area contributed by atoms with Crippen LogP contribution in [-0.2, 0) is 0 Å². The number of rotatable bonds is 1. The van der Waals surface area contributed by atoms with E-state index in [0.29, 0.717) is 6.42 Å². The summed E-state index contributed by atoms with van der Waals surface area (Å²) < 4.78 is 0. The molecule has 0 bridgehead atoms. The molecule has 0 spiro atoms. The van der Waals surface area contributed by atoms with Crippen molar-refractivity contribution in [1.29, 1.82) is 0 Å². The second-order valence-electron chi connectivity index (χ2n) is 3.91. The lowest BCUT2D eigenvalue weighted by atomic mass is 9.87. The fourth-order valence-corrected chi connectivity index (χ4v) is 1.66. The molecule has 3 nitrogen and oxygen atoms in total. The third-order valence-electron chi connectivity index (χ3n) is 2.85. The first-order valence-corrected chi connectivity index (χ1v) is 4.03. The minimum absolute atomic E-state index is 0.0417. The Morgan fingerprint density at radius 3 is 2.09 bits per heavy atom. The fraction of sp³-hybridized carbons (Fsp3) is 1.00. The lowest BCUT2D eigenvalue weighted by Crippen LogP contribution is -2.40. The molecule has 1 rings (SSSR count). The van der Waals surface area contributed by atoms with E-state index in [1.165, 1.54) is 0 Å². The number of aliphatic hydroxyl groups excluding tert-OH is 2. The highest BCUT2D eigenvalue weighted by Crippen LogP contribution is 2.37. The van der Waals surface area contributed by atoms with Crippen LogP contribution in [0.15, 0.2) is 0 Å². The molecule has 3 N–H and O–H groups in total. The quantitative estimate of drug-likeness (QED) is 0.493. The first-order chi connectivity index (χ1) is 5.00. The topological polar surface area (TPSA) is 52.5 Å². The molecular formula is C8H17NO2. The van der Waals surface area contributed by atoms with Crippen molar-refractivity contribution < 1.29 is 10.2 Å². The average molecular weight is 159 g/mol. The maximum atomic E-state index is 9.66. The van der Waals surface area contributed by atoms with Crippen molar-refractivity contribution in [1.82, 2.24) is 5.32 Å². The second kappa shape index (κ2) is 2.73. The van der Waals surface area contributed by atoms with Gasteiger partial charge in [-0.1, -0.05) is 13.8 Å². The van der Waals surface area contributed by atoms with Crippen LogP contribution in [0.25, 0.3) is 0 Å². The third-order valence-corrected chi connectivity index (χ3v) is 2.85. The van der Waals surface area contributed by atoms with Gasteiger partial charge in [0.1, 0.15) is 0 Å². The summed E-state index contributed by atoms with van der Waals surface area (Å²) in [5.41, 5.74) is -0.367. The summed E-state index contributed by atoms with van der Waals surface area (Å²) in [5.74, 6) is 0. The van der Waals surface area contributed by atoms with E-state index >= 15 is 0 Å². The van der Waals surface area contributed by atoms with Gasteiger partial charge in [-0.25, -0.2) is 0 Å². The van der Waals surface area contributed by atoms with Crippen molar-refractivity contribution in [2.24, 2.45) is 5.41 Å². The molecule has 3 unspecified atom stereocenters. The van der Waals surface area contributed by atoms with Crippen LogP contribution in [0.2, 0.25) is 0 Å². The van der Waals surface area contributed by atoms with E-state index in [-0.39, 0.29) is 11.5 Å². The van der Waals surface area contributed by atoms with Crippen LogP contribution in [0, 0.1) is 5.41 Å². The zero-order valence-corrected chi connectivity index (χ0v) is 7.33. The zero-order valence-electron chi connectivity index (χ0n) is 7.33. The molecule has 0 saturated heterocycles. The molecule has 66 valence electrons. The first kappa shape index (κ1) is 8.97. The molecule has 1 aliphatic carbocycles. The summed E-state index contributed by atoms with van der Waals surface area (Å²) in [4.78, 5) is 0. The summed E-state index contributed by atoms with van der Waals surface area (Å²) in [7, 11) is 1.81. The molecule has 11 heavy (non-hydrogen) atoms. The van der Waals surface area contributed by atoms with Gasteiger partial charge in [0.15, 0.2) is 0 Å². The molecule has 0 aromatic heterocycles. The van der Waals surface area contributed by atoms with Crippen molar-refractivity contribution in [2.45, 2.75) is 38.5 Å². The van der Waals surface area contributed by atoms with Crippen molar-refractivity contribution in [3.8, 4) is 0 Å². The van der Waals surface area contributed by atoms with E-state index < -0.39 is 12.2 Å². The minimum atomic E-state index is -0.442. The van der Waals surface area contributed by atoms with Gasteiger partial charge in [0.25, 0.3) is 0 Å². The fourth-order valence-electron chi connectivity index (χ4n) is 1.66. The molecule has 1 aliphatic rings. The lowest BCUT2D eigenvalue weighted by Gasteiger charge is -2.27. The largest absolute Gasteiger partial charge is 0.392 e. The van der Waals surface area contributed by atoms with Gasteiger partial charge in [-0.15, -0.1) is 0 Å². The van der Waals surface area contributed by atoms with E-state index in [4.69, 9.17) is 0 Å². The highest BCUT2D eigenvalue weighted by Gasteiger charge is 2.46. The summed E-state index contributed by atoms with van der Waals surface area (Å²) in [6.07, 6.45) is -0.192. The van der Waals surface area contributed by atoms with Gasteiger partial charge in [-0.3, -0.25) is 0 Å². The second-order valence-corrected chi connectivity index (χ2v) is 3.91. The lowest BCUT2D eigenvalue weighted by molar-refractivity contribution is -0.00167. The molecule has 0 radical (unpaired) electrons. The van der Waals surface area contributed by atoms with Crippen molar-refractivity contribution in [3.05, 3.63) is 0 Å². The summed E-state index contributed by atoms with van der Waals surface area (Å²) >= 11 is 0. The van der Waals surface area contributed by atoms with E-state index in [0.717, 1.165) is 0 Å². The smallest absolute Gasteiger partial charge is 0.0769 e. The Bertz CT molecular complexity index is 147. The Kier molecular flexibility index (Phi) is 2.23. The Morgan fingerprint density at radius 2 is 1.91 bits per heavy atom. The van der Waals surface area contributed by atoms with Gasteiger partial charge >= 0.3 is 0 Å². The van der Waals surface area contributed by atoms with Gasteiger partial charge in [0, 0.05) is 11.5 Å². The third kappa shape index (κ3) is 1.28. The van der Waals surface area contributed by atoms with Crippen LogP contribution in [-0.4, -0.2) is 35.5 Å². The number of hydrogen-bond donors (Lipinski definition) is 3. The summed E-state index contributed by atoms with van der Waals surface area (Å²) in [6.45, 7) is 3.78. The van der Waals surface area contributed by atoms with E-state index in [9.17, 15) is 10.2 Å². The van der Waals surface area contributed by atoms with E-state index in [2.05, 4.69) is 5.32 Å². The molecule has 0 amide bonds. The Morgan fingerprint density at radius 1 is 1.36 bits per heavy atom. The SMILES string of the molecule is CNC1CC(O)C(C)(C)C1O. The van der Waals surface area contributed by atoms with Gasteiger partial charge in [0.2, 0.25) is 0 Å². The van der Waals surface area contributed by atoms with Crippen LogP contribution in [0.4, 0.5) is 0 Å². The molecule has 0 heterocycles. The molecule has 3 atom stereocenters. The monoisotopic (exact) mass is 159 g/mol. The molecule has 1 fully saturated rings. The van der Waals surface area contributed by atoms with E-state index in [1.54, 1.807) is 0 Å².